The summed E-state index contributed by atoms with van der Waals surface area (Å²) in [4.78, 5) is 4.29. The molecule has 0 spiro atoms. The van der Waals surface area contributed by atoms with Crippen molar-refractivity contribution in [1.29, 1.82) is 0 Å². The van der Waals surface area contributed by atoms with Gasteiger partial charge in [-0.15, -0.1) is 0 Å². The fourth-order valence-electron chi connectivity index (χ4n) is 2.05. The molecule has 0 aliphatic heterocycles. The molecule has 2 rings (SSSR count). The number of oxazole rings is 1. The van der Waals surface area contributed by atoms with Gasteiger partial charge >= 0.3 is 0 Å². The van der Waals surface area contributed by atoms with Crippen LogP contribution in [0, 0.1) is 5.92 Å². The number of nitrogens with zero attached hydrogens (tertiary/aromatic N) is 1. The largest absolute Gasteiger partial charge is 0.497 e. The van der Waals surface area contributed by atoms with Gasteiger partial charge in [0.25, 0.3) is 0 Å². The zero-order chi connectivity index (χ0) is 15.2. The molecule has 0 unspecified atom stereocenters. The van der Waals surface area contributed by atoms with Crippen molar-refractivity contribution in [2.24, 2.45) is 5.92 Å². The van der Waals surface area contributed by atoms with Gasteiger partial charge in [0.1, 0.15) is 17.2 Å². The highest BCUT2D eigenvalue weighted by molar-refractivity contribution is 5.64. The van der Waals surface area contributed by atoms with E-state index in [0.717, 1.165) is 35.1 Å². The van der Waals surface area contributed by atoms with Gasteiger partial charge < -0.3 is 19.2 Å². The Balaban J connectivity index is 2.23. The third-order valence-corrected chi connectivity index (χ3v) is 3.10. The average Bonchev–Trinajstić information content (AvgIpc) is 2.94. The fraction of sp³-hybridized carbons (Fsp3) is 0.438. The number of hydrogen-bond donors (Lipinski definition) is 1. The highest BCUT2D eigenvalue weighted by Crippen LogP contribution is 2.31. The van der Waals surface area contributed by atoms with Crippen LogP contribution in [0.25, 0.3) is 11.3 Å². The van der Waals surface area contributed by atoms with Crippen LogP contribution < -0.4 is 14.8 Å². The van der Waals surface area contributed by atoms with Crippen LogP contribution in [0.4, 0.5) is 0 Å². The summed E-state index contributed by atoms with van der Waals surface area (Å²) in [6, 6.07) is 5.65. The molecule has 0 amide bonds. The second kappa shape index (κ2) is 7.13. The number of ether oxygens (including phenoxy) is 2. The predicted molar refractivity (Wildman–Crippen MR) is 81.6 cm³/mol. The van der Waals surface area contributed by atoms with E-state index >= 15 is 0 Å². The number of hydrogen-bond acceptors (Lipinski definition) is 5. The molecule has 5 nitrogen and oxygen atoms in total. The molecule has 0 aliphatic rings. The first-order valence-electron chi connectivity index (χ1n) is 7.00. The number of methoxy groups -OCH3 is 2. The van der Waals surface area contributed by atoms with Gasteiger partial charge in [0.2, 0.25) is 0 Å². The third-order valence-electron chi connectivity index (χ3n) is 3.10. The van der Waals surface area contributed by atoms with Crippen molar-refractivity contribution in [3.05, 3.63) is 30.3 Å². The van der Waals surface area contributed by atoms with Crippen LogP contribution in [-0.4, -0.2) is 25.7 Å². The van der Waals surface area contributed by atoms with Crippen LogP contribution in [0.5, 0.6) is 11.5 Å². The quantitative estimate of drug-likeness (QED) is 0.849. The van der Waals surface area contributed by atoms with Crippen LogP contribution in [-0.2, 0) is 6.54 Å². The predicted octanol–water partition coefficient (Wildman–Crippen LogP) is 3.10. The molecule has 0 bridgehead atoms. The van der Waals surface area contributed by atoms with Crippen molar-refractivity contribution in [3.63, 3.8) is 0 Å². The molecular formula is C16H22N2O3. The van der Waals surface area contributed by atoms with Gasteiger partial charge in [-0.05, 0) is 24.6 Å². The molecule has 1 aromatic carbocycles. The van der Waals surface area contributed by atoms with Crippen LogP contribution in [0.3, 0.4) is 0 Å². The maximum atomic E-state index is 5.55. The number of nitrogens with one attached hydrogen (secondary N) is 1. The SMILES string of the molecule is COc1cc(OC)cc(-c2ocnc2CNCC(C)C)c1. The summed E-state index contributed by atoms with van der Waals surface area (Å²) in [5.74, 6) is 2.78. The van der Waals surface area contributed by atoms with Crippen LogP contribution in [0.2, 0.25) is 0 Å². The van der Waals surface area contributed by atoms with Crippen molar-refractivity contribution in [1.82, 2.24) is 10.3 Å². The first-order valence-corrected chi connectivity index (χ1v) is 7.00. The summed E-state index contributed by atoms with van der Waals surface area (Å²) in [6.45, 7) is 5.95. The second-order valence-electron chi connectivity index (χ2n) is 5.25. The molecule has 21 heavy (non-hydrogen) atoms. The van der Waals surface area contributed by atoms with Crippen molar-refractivity contribution in [2.75, 3.05) is 20.8 Å². The monoisotopic (exact) mass is 290 g/mol. The lowest BCUT2D eigenvalue weighted by molar-refractivity contribution is 0.394. The summed E-state index contributed by atoms with van der Waals surface area (Å²) in [5, 5.41) is 3.37. The standard InChI is InChI=1S/C16H22N2O3/c1-11(2)8-17-9-15-16(21-10-18-15)12-5-13(19-3)7-14(6-12)20-4/h5-7,10-11,17H,8-9H2,1-4H3. The van der Waals surface area contributed by atoms with Crippen molar-refractivity contribution < 1.29 is 13.9 Å². The molecule has 0 fully saturated rings. The molecule has 1 aromatic heterocycles. The third kappa shape index (κ3) is 3.98. The second-order valence-corrected chi connectivity index (χ2v) is 5.25. The van der Waals surface area contributed by atoms with E-state index in [1.54, 1.807) is 14.2 Å². The molecule has 114 valence electrons. The van der Waals surface area contributed by atoms with Gasteiger partial charge in [-0.25, -0.2) is 4.98 Å². The van der Waals surface area contributed by atoms with Gasteiger partial charge in [0.05, 0.1) is 14.2 Å². The Morgan fingerprint density at radius 1 is 1.14 bits per heavy atom. The van der Waals surface area contributed by atoms with Gasteiger partial charge in [-0.2, -0.15) is 0 Å². The summed E-state index contributed by atoms with van der Waals surface area (Å²) in [7, 11) is 3.26. The lowest BCUT2D eigenvalue weighted by Gasteiger charge is -2.09. The zero-order valence-electron chi connectivity index (χ0n) is 13.0. The minimum Gasteiger partial charge on any atom is -0.497 e. The number of benzene rings is 1. The molecule has 0 aliphatic carbocycles. The molecule has 1 N–H and O–H groups in total. The molecule has 0 saturated heterocycles. The van der Waals surface area contributed by atoms with Crippen molar-refractivity contribution in [2.45, 2.75) is 20.4 Å². The zero-order valence-corrected chi connectivity index (χ0v) is 13.0. The summed E-state index contributed by atoms with van der Waals surface area (Å²) in [6.07, 6.45) is 1.47. The maximum absolute atomic E-state index is 5.55. The molecule has 0 radical (unpaired) electrons. The Bertz CT molecular complexity index is 556. The minimum absolute atomic E-state index is 0.595. The first-order chi connectivity index (χ1) is 10.1. The van der Waals surface area contributed by atoms with E-state index in [-0.39, 0.29) is 0 Å². The Morgan fingerprint density at radius 2 is 1.81 bits per heavy atom. The lowest BCUT2D eigenvalue weighted by Crippen LogP contribution is -2.19. The van der Waals surface area contributed by atoms with Crippen molar-refractivity contribution in [3.8, 4) is 22.8 Å². The van der Waals surface area contributed by atoms with E-state index in [0.29, 0.717) is 12.5 Å². The Labute approximate surface area is 125 Å². The van der Waals surface area contributed by atoms with Gasteiger partial charge in [-0.3, -0.25) is 0 Å². The van der Waals surface area contributed by atoms with Crippen LogP contribution in [0.1, 0.15) is 19.5 Å². The molecular weight excluding hydrogens is 268 g/mol. The first kappa shape index (κ1) is 15.4. The number of rotatable bonds is 7. The number of aromatic nitrogens is 1. The minimum atomic E-state index is 0.595. The molecule has 5 heteroatoms. The fourth-order valence-corrected chi connectivity index (χ4v) is 2.05. The Kier molecular flexibility index (Phi) is 5.22. The smallest absolute Gasteiger partial charge is 0.181 e. The van der Waals surface area contributed by atoms with E-state index in [2.05, 4.69) is 24.1 Å². The van der Waals surface area contributed by atoms with E-state index in [1.165, 1.54) is 6.39 Å². The van der Waals surface area contributed by atoms with E-state index < -0.39 is 0 Å². The van der Waals surface area contributed by atoms with Gasteiger partial charge in [0, 0.05) is 18.2 Å². The summed E-state index contributed by atoms with van der Waals surface area (Å²) in [5.41, 5.74) is 1.77. The van der Waals surface area contributed by atoms with Crippen LogP contribution >= 0.6 is 0 Å². The molecule has 2 aromatic rings. The maximum Gasteiger partial charge on any atom is 0.181 e. The summed E-state index contributed by atoms with van der Waals surface area (Å²) >= 11 is 0. The Morgan fingerprint density at radius 3 is 2.38 bits per heavy atom. The molecule has 1 heterocycles. The van der Waals surface area contributed by atoms with E-state index in [9.17, 15) is 0 Å². The average molecular weight is 290 g/mol. The van der Waals surface area contributed by atoms with Crippen molar-refractivity contribution >= 4 is 0 Å². The summed E-state index contributed by atoms with van der Waals surface area (Å²) < 4.78 is 16.1. The molecule has 0 saturated carbocycles. The van der Waals surface area contributed by atoms with Crippen LogP contribution in [0.15, 0.2) is 29.0 Å². The van der Waals surface area contributed by atoms with Gasteiger partial charge in [0.15, 0.2) is 12.2 Å². The highest BCUT2D eigenvalue weighted by Gasteiger charge is 2.13. The Hall–Kier alpha value is -2.01. The lowest BCUT2D eigenvalue weighted by atomic mass is 10.1. The normalized spacial score (nSPS) is 10.9. The molecule has 0 atom stereocenters. The van der Waals surface area contributed by atoms with E-state index in [1.807, 2.05) is 18.2 Å². The van der Waals surface area contributed by atoms with E-state index in [4.69, 9.17) is 13.9 Å². The highest BCUT2D eigenvalue weighted by atomic mass is 16.5. The van der Waals surface area contributed by atoms with Gasteiger partial charge in [-0.1, -0.05) is 13.8 Å². The topological polar surface area (TPSA) is 56.5 Å².